The first-order chi connectivity index (χ1) is 13.0. The molecule has 0 radical (unpaired) electrons. The second-order valence-corrected chi connectivity index (χ2v) is 7.97. The van der Waals surface area contributed by atoms with Gasteiger partial charge in [-0.05, 0) is 31.6 Å². The normalized spacial score (nSPS) is 20.2. The minimum absolute atomic E-state index is 0.0441. The maximum absolute atomic E-state index is 12.0. The van der Waals surface area contributed by atoms with E-state index < -0.39 is 0 Å². The fourth-order valence-corrected chi connectivity index (χ4v) is 3.91. The molecule has 7 heteroatoms. The summed E-state index contributed by atoms with van der Waals surface area (Å²) in [5, 5.41) is 7.93. The Balaban J connectivity index is 1.80. The van der Waals surface area contributed by atoms with Crippen molar-refractivity contribution in [2.24, 2.45) is 11.8 Å². The Bertz CT molecular complexity index is 778. The van der Waals surface area contributed by atoms with E-state index in [0.717, 1.165) is 49.4 Å². The van der Waals surface area contributed by atoms with Crippen LogP contribution in [0.15, 0.2) is 4.52 Å². The predicted molar refractivity (Wildman–Crippen MR) is 106 cm³/mol. The smallest absolute Gasteiger partial charge is 0.263 e. The Hall–Kier alpha value is -2.18. The van der Waals surface area contributed by atoms with Crippen LogP contribution in [0, 0.1) is 18.8 Å². The van der Waals surface area contributed by atoms with Crippen LogP contribution in [0.25, 0.3) is 11.1 Å². The van der Waals surface area contributed by atoms with Crippen LogP contribution in [-0.2, 0) is 11.2 Å². The van der Waals surface area contributed by atoms with Crippen molar-refractivity contribution in [3.05, 3.63) is 11.5 Å². The summed E-state index contributed by atoms with van der Waals surface area (Å²) in [4.78, 5) is 23.7. The molecular weight excluding hydrogens is 342 g/mol. The molecule has 3 rings (SSSR count). The summed E-state index contributed by atoms with van der Waals surface area (Å²) in [7, 11) is 0. The highest BCUT2D eigenvalue weighted by Crippen LogP contribution is 2.31. The third kappa shape index (κ3) is 4.76. The highest BCUT2D eigenvalue weighted by molar-refractivity contribution is 5.88. The van der Waals surface area contributed by atoms with E-state index in [1.807, 2.05) is 6.92 Å². The summed E-state index contributed by atoms with van der Waals surface area (Å²) in [5.74, 6) is 2.82. The molecule has 2 aromatic rings. The predicted octanol–water partition coefficient (Wildman–Crippen LogP) is 3.26. The van der Waals surface area contributed by atoms with Gasteiger partial charge in [0.15, 0.2) is 0 Å². The van der Waals surface area contributed by atoms with Gasteiger partial charge in [0.2, 0.25) is 5.91 Å². The molecular formula is C20H31N5O2. The molecule has 1 amide bonds. The summed E-state index contributed by atoms with van der Waals surface area (Å²) in [6, 6.07) is 0. The Kier molecular flexibility index (Phi) is 6.29. The topological polar surface area (TPSA) is 84.2 Å². The van der Waals surface area contributed by atoms with Crippen molar-refractivity contribution in [2.45, 2.75) is 59.8 Å². The summed E-state index contributed by atoms with van der Waals surface area (Å²) in [6.45, 7) is 11.3. The zero-order valence-corrected chi connectivity index (χ0v) is 16.9. The molecule has 0 saturated carbocycles. The molecule has 148 valence electrons. The maximum atomic E-state index is 12.0. The number of piperidine rings is 1. The molecule has 0 bridgehead atoms. The van der Waals surface area contributed by atoms with Gasteiger partial charge in [-0.3, -0.25) is 4.79 Å². The Morgan fingerprint density at radius 1 is 1.26 bits per heavy atom. The van der Waals surface area contributed by atoms with Gasteiger partial charge in [-0.2, -0.15) is 4.98 Å². The van der Waals surface area contributed by atoms with Gasteiger partial charge >= 0.3 is 0 Å². The van der Waals surface area contributed by atoms with Crippen LogP contribution in [0.3, 0.4) is 0 Å². The third-order valence-corrected chi connectivity index (χ3v) is 5.13. The van der Waals surface area contributed by atoms with Gasteiger partial charge in [-0.15, -0.1) is 0 Å². The highest BCUT2D eigenvalue weighted by atomic mass is 16.5. The number of anilines is 1. The van der Waals surface area contributed by atoms with Crippen molar-refractivity contribution in [3.8, 4) is 0 Å². The number of amides is 1. The van der Waals surface area contributed by atoms with Crippen molar-refractivity contribution in [1.29, 1.82) is 0 Å². The number of nitrogens with one attached hydrogen (secondary N) is 1. The standard InChI is InChI=1S/C20H31N5O2/c1-5-6-9-21-17(26)8-7-16-22-19(18-15(4)24-27-20(18)23-16)25-11-13(2)10-14(3)12-25/h13-14H,5-12H2,1-4H3,(H,21,26). The second-order valence-electron chi connectivity index (χ2n) is 7.97. The zero-order valence-electron chi connectivity index (χ0n) is 16.9. The number of hydrogen-bond acceptors (Lipinski definition) is 6. The number of aromatic nitrogens is 3. The van der Waals surface area contributed by atoms with Crippen LogP contribution >= 0.6 is 0 Å². The van der Waals surface area contributed by atoms with E-state index in [-0.39, 0.29) is 5.91 Å². The Labute approximate surface area is 160 Å². The minimum Gasteiger partial charge on any atom is -0.356 e. The molecule has 0 aliphatic carbocycles. The molecule has 2 atom stereocenters. The zero-order chi connectivity index (χ0) is 19.4. The van der Waals surface area contributed by atoms with Crippen LogP contribution < -0.4 is 10.2 Å². The Morgan fingerprint density at radius 3 is 2.70 bits per heavy atom. The molecule has 1 saturated heterocycles. The van der Waals surface area contributed by atoms with Crippen LogP contribution in [0.4, 0.5) is 5.82 Å². The first-order valence-electron chi connectivity index (χ1n) is 10.1. The number of carbonyl (C=O) groups is 1. The summed E-state index contributed by atoms with van der Waals surface area (Å²) < 4.78 is 5.43. The maximum Gasteiger partial charge on any atom is 0.263 e. The van der Waals surface area contributed by atoms with Gasteiger partial charge in [0, 0.05) is 32.5 Å². The highest BCUT2D eigenvalue weighted by Gasteiger charge is 2.27. The number of rotatable bonds is 7. The third-order valence-electron chi connectivity index (χ3n) is 5.13. The molecule has 0 aromatic carbocycles. The van der Waals surface area contributed by atoms with Crippen LogP contribution in [0.2, 0.25) is 0 Å². The molecule has 3 heterocycles. The molecule has 1 fully saturated rings. The average molecular weight is 374 g/mol. The first kappa shape index (κ1) is 19.6. The van der Waals surface area contributed by atoms with E-state index in [1.165, 1.54) is 6.42 Å². The van der Waals surface area contributed by atoms with Crippen molar-refractivity contribution >= 4 is 22.8 Å². The molecule has 1 aliphatic rings. The number of unbranched alkanes of at least 4 members (excludes halogenated alkanes) is 1. The Morgan fingerprint density at radius 2 is 2.00 bits per heavy atom. The van der Waals surface area contributed by atoms with Gasteiger partial charge in [-0.1, -0.05) is 32.3 Å². The number of hydrogen-bond donors (Lipinski definition) is 1. The fraction of sp³-hybridized carbons (Fsp3) is 0.700. The van der Waals surface area contributed by atoms with Gasteiger partial charge in [0.05, 0.1) is 5.69 Å². The largest absolute Gasteiger partial charge is 0.356 e. The van der Waals surface area contributed by atoms with E-state index in [4.69, 9.17) is 9.51 Å². The van der Waals surface area contributed by atoms with E-state index >= 15 is 0 Å². The summed E-state index contributed by atoms with van der Waals surface area (Å²) in [6.07, 6.45) is 4.19. The van der Waals surface area contributed by atoms with Crippen molar-refractivity contribution in [1.82, 2.24) is 20.4 Å². The van der Waals surface area contributed by atoms with Gasteiger partial charge in [0.25, 0.3) is 5.71 Å². The molecule has 7 nitrogen and oxygen atoms in total. The molecule has 1 aliphatic heterocycles. The number of carbonyl (C=O) groups excluding carboxylic acids is 1. The number of nitrogens with zero attached hydrogens (tertiary/aromatic N) is 4. The molecule has 2 unspecified atom stereocenters. The minimum atomic E-state index is 0.0441. The molecule has 1 N–H and O–H groups in total. The average Bonchev–Trinajstić information content (AvgIpc) is 3.00. The van der Waals surface area contributed by atoms with Gasteiger partial charge in [0.1, 0.15) is 17.0 Å². The summed E-state index contributed by atoms with van der Waals surface area (Å²) in [5.41, 5.74) is 1.33. The number of aryl methyl sites for hydroxylation is 2. The van der Waals surface area contributed by atoms with E-state index in [2.05, 4.69) is 41.1 Å². The van der Waals surface area contributed by atoms with Crippen LogP contribution in [-0.4, -0.2) is 40.7 Å². The van der Waals surface area contributed by atoms with Gasteiger partial charge < -0.3 is 14.7 Å². The monoisotopic (exact) mass is 373 g/mol. The lowest BCUT2D eigenvalue weighted by Gasteiger charge is -2.36. The lowest BCUT2D eigenvalue weighted by atomic mass is 9.92. The lowest BCUT2D eigenvalue weighted by molar-refractivity contribution is -0.121. The van der Waals surface area contributed by atoms with Crippen LogP contribution in [0.1, 0.15) is 58.0 Å². The summed E-state index contributed by atoms with van der Waals surface area (Å²) >= 11 is 0. The van der Waals surface area contributed by atoms with Crippen molar-refractivity contribution in [3.63, 3.8) is 0 Å². The molecule has 2 aromatic heterocycles. The first-order valence-corrected chi connectivity index (χ1v) is 10.1. The van der Waals surface area contributed by atoms with E-state index in [1.54, 1.807) is 0 Å². The van der Waals surface area contributed by atoms with Crippen molar-refractivity contribution < 1.29 is 9.32 Å². The molecule has 27 heavy (non-hydrogen) atoms. The lowest BCUT2D eigenvalue weighted by Crippen LogP contribution is -2.39. The van der Waals surface area contributed by atoms with Crippen LogP contribution in [0.5, 0.6) is 0 Å². The number of fused-ring (bicyclic) bond motifs is 1. The fourth-order valence-electron chi connectivity index (χ4n) is 3.91. The van der Waals surface area contributed by atoms with Gasteiger partial charge in [-0.25, -0.2) is 4.98 Å². The SMILES string of the molecule is CCCCNC(=O)CCc1nc(N2CC(C)CC(C)C2)c2c(C)noc2n1. The molecule has 0 spiro atoms. The van der Waals surface area contributed by atoms with Crippen molar-refractivity contribution in [2.75, 3.05) is 24.5 Å². The van der Waals surface area contributed by atoms with E-state index in [9.17, 15) is 4.79 Å². The second kappa shape index (κ2) is 8.67. The quantitative estimate of drug-likeness (QED) is 0.750. The van der Waals surface area contributed by atoms with E-state index in [0.29, 0.717) is 36.2 Å².